The number of halogens is 3. The van der Waals surface area contributed by atoms with Gasteiger partial charge in [0.25, 0.3) is 5.91 Å². The van der Waals surface area contributed by atoms with Gasteiger partial charge in [-0.2, -0.15) is 0 Å². The zero-order valence-electron chi connectivity index (χ0n) is 12.5. The predicted molar refractivity (Wildman–Crippen MR) is 97.4 cm³/mol. The van der Waals surface area contributed by atoms with E-state index >= 15 is 0 Å². The van der Waals surface area contributed by atoms with Crippen molar-refractivity contribution in [3.05, 3.63) is 56.5 Å². The summed E-state index contributed by atoms with van der Waals surface area (Å²) < 4.78 is 0. The van der Waals surface area contributed by atoms with Crippen LogP contribution in [-0.2, 0) is 11.2 Å². The third-order valence-corrected chi connectivity index (χ3v) is 4.55. The Morgan fingerprint density at radius 1 is 1.04 bits per heavy atom. The molecule has 0 saturated heterocycles. The zero-order valence-corrected chi connectivity index (χ0v) is 14.7. The van der Waals surface area contributed by atoms with Gasteiger partial charge < -0.3 is 10.6 Å². The van der Waals surface area contributed by atoms with Crippen molar-refractivity contribution in [1.29, 1.82) is 0 Å². The van der Waals surface area contributed by atoms with Gasteiger partial charge in [0.15, 0.2) is 0 Å². The Morgan fingerprint density at radius 3 is 2.46 bits per heavy atom. The first kappa shape index (κ1) is 17.1. The smallest absolute Gasteiger partial charge is 0.255 e. The van der Waals surface area contributed by atoms with Crippen LogP contribution in [-0.4, -0.2) is 11.8 Å². The third kappa shape index (κ3) is 3.66. The summed E-state index contributed by atoms with van der Waals surface area (Å²) in [4.78, 5) is 24.1. The van der Waals surface area contributed by atoms with Gasteiger partial charge in [0.05, 0.1) is 15.7 Å². The van der Waals surface area contributed by atoms with E-state index in [4.69, 9.17) is 34.8 Å². The fourth-order valence-corrected chi connectivity index (χ4v) is 3.47. The van der Waals surface area contributed by atoms with Crippen LogP contribution in [0.15, 0.2) is 30.3 Å². The van der Waals surface area contributed by atoms with Gasteiger partial charge in [0, 0.05) is 22.7 Å². The molecular formula is C17H13Cl3N2O2. The van der Waals surface area contributed by atoms with E-state index in [0.717, 1.165) is 24.1 Å². The van der Waals surface area contributed by atoms with Gasteiger partial charge in [-0.05, 0) is 48.7 Å². The van der Waals surface area contributed by atoms with Crippen LogP contribution in [0.4, 0.5) is 11.4 Å². The minimum Gasteiger partial charge on any atom is -0.326 e. The molecule has 3 rings (SSSR count). The van der Waals surface area contributed by atoms with E-state index in [-0.39, 0.29) is 21.9 Å². The molecule has 1 aliphatic heterocycles. The van der Waals surface area contributed by atoms with Crippen LogP contribution in [0.2, 0.25) is 15.1 Å². The summed E-state index contributed by atoms with van der Waals surface area (Å²) in [5.74, 6) is -0.342. The molecule has 7 heteroatoms. The molecule has 0 bridgehead atoms. The van der Waals surface area contributed by atoms with Gasteiger partial charge in [-0.25, -0.2) is 0 Å². The van der Waals surface area contributed by atoms with Gasteiger partial charge in [-0.1, -0.05) is 34.8 Å². The molecule has 0 aliphatic carbocycles. The standard InChI is InChI=1S/C17H13Cl3N2O2/c18-11-7-12(19)16(13(20)8-11)22-17(24)10-4-5-14-9(6-10)2-1-3-15(23)21-14/h4-8H,1-3H2,(H,21,23)(H,22,24). The molecule has 0 radical (unpaired) electrons. The number of hydrogen-bond acceptors (Lipinski definition) is 2. The number of anilines is 2. The summed E-state index contributed by atoms with van der Waals surface area (Å²) in [6.45, 7) is 0. The second-order valence-electron chi connectivity index (χ2n) is 5.47. The number of benzene rings is 2. The van der Waals surface area contributed by atoms with Gasteiger partial charge in [0.1, 0.15) is 0 Å². The molecule has 0 aromatic heterocycles. The largest absolute Gasteiger partial charge is 0.326 e. The summed E-state index contributed by atoms with van der Waals surface area (Å²) in [5, 5.41) is 6.47. The minimum atomic E-state index is -0.334. The van der Waals surface area contributed by atoms with Crippen LogP contribution < -0.4 is 10.6 Å². The van der Waals surface area contributed by atoms with E-state index in [0.29, 0.717) is 22.7 Å². The van der Waals surface area contributed by atoms with Crippen LogP contribution in [0.5, 0.6) is 0 Å². The predicted octanol–water partition coefficient (Wildman–Crippen LogP) is 5.17. The second kappa shape index (κ2) is 7.01. The van der Waals surface area contributed by atoms with Crippen molar-refractivity contribution in [2.24, 2.45) is 0 Å². The lowest BCUT2D eigenvalue weighted by molar-refractivity contribution is -0.116. The molecule has 2 N–H and O–H groups in total. The summed E-state index contributed by atoms with van der Waals surface area (Å²) in [6, 6.07) is 8.18. The zero-order chi connectivity index (χ0) is 17.3. The van der Waals surface area contributed by atoms with E-state index in [1.165, 1.54) is 12.1 Å². The molecule has 124 valence electrons. The summed E-state index contributed by atoms with van der Waals surface area (Å²) in [7, 11) is 0. The maximum absolute atomic E-state index is 12.5. The van der Waals surface area contributed by atoms with Gasteiger partial charge in [-0.3, -0.25) is 9.59 Å². The Morgan fingerprint density at radius 2 is 1.75 bits per heavy atom. The minimum absolute atomic E-state index is 0.00863. The van der Waals surface area contributed by atoms with Crippen molar-refractivity contribution in [1.82, 2.24) is 0 Å². The molecule has 1 aliphatic rings. The molecule has 0 spiro atoms. The monoisotopic (exact) mass is 382 g/mol. The van der Waals surface area contributed by atoms with E-state index in [2.05, 4.69) is 10.6 Å². The van der Waals surface area contributed by atoms with Crippen LogP contribution in [0.25, 0.3) is 0 Å². The van der Waals surface area contributed by atoms with E-state index < -0.39 is 0 Å². The normalized spacial score (nSPS) is 13.7. The van der Waals surface area contributed by atoms with E-state index in [9.17, 15) is 9.59 Å². The summed E-state index contributed by atoms with van der Waals surface area (Å²) in [6.07, 6.45) is 1.96. The second-order valence-corrected chi connectivity index (χ2v) is 6.72. The molecule has 0 atom stereocenters. The quantitative estimate of drug-likeness (QED) is 0.751. The van der Waals surface area contributed by atoms with E-state index in [1.54, 1.807) is 18.2 Å². The van der Waals surface area contributed by atoms with Crippen molar-refractivity contribution < 1.29 is 9.59 Å². The molecular weight excluding hydrogens is 371 g/mol. The highest BCUT2D eigenvalue weighted by atomic mass is 35.5. The Bertz CT molecular complexity index is 814. The molecule has 0 unspecified atom stereocenters. The Labute approximate surface area is 154 Å². The van der Waals surface area contributed by atoms with Crippen molar-refractivity contribution in [3.8, 4) is 0 Å². The van der Waals surface area contributed by atoms with Crippen LogP contribution in [0.1, 0.15) is 28.8 Å². The first-order valence-corrected chi connectivity index (χ1v) is 8.46. The van der Waals surface area contributed by atoms with Crippen LogP contribution in [0, 0.1) is 0 Å². The number of aryl methyl sites for hydroxylation is 1. The number of hydrogen-bond donors (Lipinski definition) is 2. The number of rotatable bonds is 2. The fourth-order valence-electron chi connectivity index (χ4n) is 2.56. The fraction of sp³-hybridized carbons (Fsp3) is 0.176. The lowest BCUT2D eigenvalue weighted by Gasteiger charge is -2.12. The van der Waals surface area contributed by atoms with Crippen molar-refractivity contribution >= 4 is 58.0 Å². The number of carbonyl (C=O) groups excluding carboxylic acids is 2. The average molecular weight is 384 g/mol. The maximum atomic E-state index is 12.5. The van der Waals surface area contributed by atoms with Gasteiger partial charge >= 0.3 is 0 Å². The van der Waals surface area contributed by atoms with Crippen LogP contribution >= 0.6 is 34.8 Å². The summed E-state index contributed by atoms with van der Waals surface area (Å²) >= 11 is 18.0. The van der Waals surface area contributed by atoms with Crippen molar-refractivity contribution in [3.63, 3.8) is 0 Å². The highest BCUT2D eigenvalue weighted by molar-refractivity contribution is 6.42. The lowest BCUT2D eigenvalue weighted by atomic mass is 10.0. The van der Waals surface area contributed by atoms with Crippen LogP contribution in [0.3, 0.4) is 0 Å². The third-order valence-electron chi connectivity index (χ3n) is 3.74. The molecule has 4 nitrogen and oxygen atoms in total. The number of amides is 2. The molecule has 0 fully saturated rings. The topological polar surface area (TPSA) is 58.2 Å². The molecule has 2 aromatic carbocycles. The Balaban J connectivity index is 1.86. The molecule has 2 amide bonds. The molecule has 24 heavy (non-hydrogen) atoms. The highest BCUT2D eigenvalue weighted by Crippen LogP contribution is 2.34. The number of carbonyl (C=O) groups is 2. The molecule has 2 aromatic rings. The first-order chi connectivity index (χ1) is 11.4. The Kier molecular flexibility index (Phi) is 4.99. The first-order valence-electron chi connectivity index (χ1n) is 7.33. The summed E-state index contributed by atoms with van der Waals surface area (Å²) in [5.41, 5.74) is 2.46. The average Bonchev–Trinajstić information content (AvgIpc) is 2.70. The molecule has 0 saturated carbocycles. The Hall–Kier alpha value is -1.75. The van der Waals surface area contributed by atoms with Gasteiger partial charge in [0.2, 0.25) is 5.91 Å². The molecule has 1 heterocycles. The van der Waals surface area contributed by atoms with Crippen molar-refractivity contribution in [2.45, 2.75) is 19.3 Å². The number of fused-ring (bicyclic) bond motifs is 1. The SMILES string of the molecule is O=C1CCCc2cc(C(=O)Nc3c(Cl)cc(Cl)cc3Cl)ccc2N1. The van der Waals surface area contributed by atoms with E-state index in [1.807, 2.05) is 0 Å². The van der Waals surface area contributed by atoms with Gasteiger partial charge in [-0.15, -0.1) is 0 Å². The highest BCUT2D eigenvalue weighted by Gasteiger charge is 2.17. The maximum Gasteiger partial charge on any atom is 0.255 e. The van der Waals surface area contributed by atoms with Crippen molar-refractivity contribution in [2.75, 3.05) is 10.6 Å². The number of nitrogens with one attached hydrogen (secondary N) is 2. The lowest BCUT2D eigenvalue weighted by Crippen LogP contribution is -2.14.